The number of benzene rings is 1. The lowest BCUT2D eigenvalue weighted by Crippen LogP contribution is -2.24. The molecule has 19 heavy (non-hydrogen) atoms. The topological polar surface area (TPSA) is 40.5 Å². The highest BCUT2D eigenvalue weighted by atomic mass is 16.4. The van der Waals surface area contributed by atoms with E-state index in [2.05, 4.69) is 11.8 Å². The minimum Gasteiger partial charge on any atom is -0.481 e. The fourth-order valence-corrected chi connectivity index (χ4v) is 2.73. The Hall–Kier alpha value is -1.35. The Morgan fingerprint density at radius 1 is 1.26 bits per heavy atom. The zero-order valence-corrected chi connectivity index (χ0v) is 11.9. The van der Waals surface area contributed by atoms with Crippen LogP contribution in [-0.4, -0.2) is 35.6 Å². The Morgan fingerprint density at radius 2 is 1.95 bits per heavy atom. The Balaban J connectivity index is 2.05. The first-order chi connectivity index (χ1) is 9.08. The van der Waals surface area contributed by atoms with Crippen LogP contribution >= 0.6 is 0 Å². The number of aryl methyl sites for hydroxylation is 2. The van der Waals surface area contributed by atoms with E-state index in [-0.39, 0.29) is 5.92 Å². The molecule has 1 aromatic rings. The molecule has 1 unspecified atom stereocenters. The molecule has 0 saturated carbocycles. The minimum atomic E-state index is -0.706. The lowest BCUT2D eigenvalue weighted by atomic mass is 9.93. The average molecular weight is 261 g/mol. The van der Waals surface area contributed by atoms with Gasteiger partial charge in [-0.15, -0.1) is 0 Å². The third-order valence-corrected chi connectivity index (χ3v) is 4.16. The SMILES string of the molecule is Cc1ccc(C(CCN2CCCC2)C(=O)O)cc1C. The standard InChI is InChI=1S/C16H23NO2/c1-12-5-6-14(11-13(12)2)15(16(18)19)7-10-17-8-3-4-9-17/h5-6,11,15H,3-4,7-10H2,1-2H3,(H,18,19). The predicted octanol–water partition coefficient (Wildman–Crippen LogP) is 2.96. The molecule has 1 saturated heterocycles. The van der Waals surface area contributed by atoms with E-state index in [9.17, 15) is 9.90 Å². The van der Waals surface area contributed by atoms with Crippen LogP contribution in [0.5, 0.6) is 0 Å². The van der Waals surface area contributed by atoms with E-state index in [1.54, 1.807) is 0 Å². The second-order valence-electron chi connectivity index (χ2n) is 5.57. The maximum atomic E-state index is 11.5. The molecule has 1 aliphatic rings. The first kappa shape index (κ1) is 14.1. The van der Waals surface area contributed by atoms with Crippen LogP contribution in [0.4, 0.5) is 0 Å². The van der Waals surface area contributed by atoms with Crippen LogP contribution in [0.3, 0.4) is 0 Å². The molecule has 3 heteroatoms. The molecule has 1 fully saturated rings. The molecular weight excluding hydrogens is 238 g/mol. The van der Waals surface area contributed by atoms with Crippen LogP contribution in [0.15, 0.2) is 18.2 Å². The molecule has 0 aliphatic carbocycles. The second-order valence-corrected chi connectivity index (χ2v) is 5.57. The molecule has 1 N–H and O–H groups in total. The van der Waals surface area contributed by atoms with Crippen LogP contribution < -0.4 is 0 Å². The van der Waals surface area contributed by atoms with Crippen molar-refractivity contribution < 1.29 is 9.90 Å². The van der Waals surface area contributed by atoms with Crippen molar-refractivity contribution in [1.82, 2.24) is 4.90 Å². The number of aliphatic carboxylic acids is 1. The van der Waals surface area contributed by atoms with E-state index in [1.165, 1.54) is 24.0 Å². The summed E-state index contributed by atoms with van der Waals surface area (Å²) in [5.74, 6) is -1.08. The summed E-state index contributed by atoms with van der Waals surface area (Å²) in [6, 6.07) is 6.01. The Morgan fingerprint density at radius 3 is 2.53 bits per heavy atom. The predicted molar refractivity (Wildman–Crippen MR) is 76.6 cm³/mol. The molecule has 1 aromatic carbocycles. The van der Waals surface area contributed by atoms with E-state index in [0.29, 0.717) is 6.42 Å². The Labute approximate surface area is 115 Å². The van der Waals surface area contributed by atoms with Gasteiger partial charge < -0.3 is 10.0 Å². The lowest BCUT2D eigenvalue weighted by molar-refractivity contribution is -0.139. The summed E-state index contributed by atoms with van der Waals surface area (Å²) in [7, 11) is 0. The maximum absolute atomic E-state index is 11.5. The van der Waals surface area contributed by atoms with Gasteiger partial charge in [0.25, 0.3) is 0 Å². The molecule has 1 aliphatic heterocycles. The summed E-state index contributed by atoms with van der Waals surface area (Å²) < 4.78 is 0. The molecule has 1 heterocycles. The number of nitrogens with zero attached hydrogens (tertiary/aromatic N) is 1. The third-order valence-electron chi connectivity index (χ3n) is 4.16. The van der Waals surface area contributed by atoms with Gasteiger partial charge >= 0.3 is 5.97 Å². The first-order valence-corrected chi connectivity index (χ1v) is 7.10. The Kier molecular flexibility index (Phi) is 4.59. The number of carboxylic acid groups (broad SMARTS) is 1. The Bertz CT molecular complexity index is 450. The normalized spacial score (nSPS) is 17.6. The molecule has 104 valence electrons. The quantitative estimate of drug-likeness (QED) is 0.886. The number of hydrogen-bond acceptors (Lipinski definition) is 2. The minimum absolute atomic E-state index is 0.375. The van der Waals surface area contributed by atoms with Gasteiger partial charge in [-0.05, 0) is 69.4 Å². The molecule has 0 radical (unpaired) electrons. The van der Waals surface area contributed by atoms with Gasteiger partial charge in [-0.3, -0.25) is 4.79 Å². The van der Waals surface area contributed by atoms with Crippen LogP contribution in [-0.2, 0) is 4.79 Å². The number of rotatable bonds is 5. The van der Waals surface area contributed by atoms with E-state index < -0.39 is 5.97 Å². The smallest absolute Gasteiger partial charge is 0.311 e. The molecule has 0 bridgehead atoms. The van der Waals surface area contributed by atoms with Gasteiger partial charge in [-0.1, -0.05) is 18.2 Å². The molecular formula is C16H23NO2. The summed E-state index contributed by atoms with van der Waals surface area (Å²) in [4.78, 5) is 13.9. The number of hydrogen-bond donors (Lipinski definition) is 1. The van der Waals surface area contributed by atoms with Gasteiger partial charge in [-0.25, -0.2) is 0 Å². The average Bonchev–Trinajstić information content (AvgIpc) is 2.86. The van der Waals surface area contributed by atoms with E-state index in [4.69, 9.17) is 0 Å². The summed E-state index contributed by atoms with van der Waals surface area (Å²) in [5.41, 5.74) is 3.33. The maximum Gasteiger partial charge on any atom is 0.311 e. The molecule has 0 spiro atoms. The van der Waals surface area contributed by atoms with E-state index >= 15 is 0 Å². The summed E-state index contributed by atoms with van der Waals surface area (Å²) >= 11 is 0. The zero-order valence-electron chi connectivity index (χ0n) is 11.9. The van der Waals surface area contributed by atoms with Crippen molar-refractivity contribution in [2.75, 3.05) is 19.6 Å². The summed E-state index contributed by atoms with van der Waals surface area (Å²) in [6.45, 7) is 7.24. The lowest BCUT2D eigenvalue weighted by Gasteiger charge is -2.19. The molecule has 2 rings (SSSR count). The fourth-order valence-electron chi connectivity index (χ4n) is 2.73. The zero-order chi connectivity index (χ0) is 13.8. The van der Waals surface area contributed by atoms with Crippen molar-refractivity contribution in [3.05, 3.63) is 34.9 Å². The third kappa shape index (κ3) is 3.57. The highest BCUT2D eigenvalue weighted by Gasteiger charge is 2.22. The van der Waals surface area contributed by atoms with Crippen molar-refractivity contribution in [3.63, 3.8) is 0 Å². The van der Waals surface area contributed by atoms with Crippen LogP contribution in [0, 0.1) is 13.8 Å². The van der Waals surface area contributed by atoms with Crippen LogP contribution in [0.2, 0.25) is 0 Å². The van der Waals surface area contributed by atoms with Crippen molar-refractivity contribution in [1.29, 1.82) is 0 Å². The van der Waals surface area contributed by atoms with E-state index in [0.717, 1.165) is 25.2 Å². The largest absolute Gasteiger partial charge is 0.481 e. The van der Waals surface area contributed by atoms with Gasteiger partial charge in [0, 0.05) is 0 Å². The van der Waals surface area contributed by atoms with Gasteiger partial charge in [-0.2, -0.15) is 0 Å². The van der Waals surface area contributed by atoms with Crippen molar-refractivity contribution in [3.8, 4) is 0 Å². The molecule has 3 nitrogen and oxygen atoms in total. The molecule has 0 aromatic heterocycles. The van der Waals surface area contributed by atoms with Crippen LogP contribution in [0.25, 0.3) is 0 Å². The van der Waals surface area contributed by atoms with Gasteiger partial charge in [0.1, 0.15) is 0 Å². The van der Waals surface area contributed by atoms with Crippen molar-refractivity contribution in [2.45, 2.75) is 39.0 Å². The van der Waals surface area contributed by atoms with Crippen LogP contribution in [0.1, 0.15) is 41.9 Å². The number of carbonyl (C=O) groups is 1. The second kappa shape index (κ2) is 6.20. The van der Waals surface area contributed by atoms with E-state index in [1.807, 2.05) is 25.1 Å². The van der Waals surface area contributed by atoms with Gasteiger partial charge in [0.2, 0.25) is 0 Å². The summed E-state index contributed by atoms with van der Waals surface area (Å²) in [5, 5.41) is 9.44. The number of carboxylic acids is 1. The monoisotopic (exact) mass is 261 g/mol. The fraction of sp³-hybridized carbons (Fsp3) is 0.562. The van der Waals surface area contributed by atoms with Gasteiger partial charge in [0.15, 0.2) is 0 Å². The van der Waals surface area contributed by atoms with Gasteiger partial charge in [0.05, 0.1) is 5.92 Å². The highest BCUT2D eigenvalue weighted by molar-refractivity contribution is 5.76. The highest BCUT2D eigenvalue weighted by Crippen LogP contribution is 2.23. The van der Waals surface area contributed by atoms with Crippen molar-refractivity contribution in [2.24, 2.45) is 0 Å². The molecule has 1 atom stereocenters. The van der Waals surface area contributed by atoms with Crippen molar-refractivity contribution >= 4 is 5.97 Å². The summed E-state index contributed by atoms with van der Waals surface area (Å²) in [6.07, 6.45) is 3.21. The first-order valence-electron chi connectivity index (χ1n) is 7.10. The molecule has 0 amide bonds. The number of likely N-dealkylation sites (tertiary alicyclic amines) is 1.